The lowest BCUT2D eigenvalue weighted by molar-refractivity contribution is 0.143. The molecule has 0 saturated carbocycles. The average Bonchev–Trinajstić information content (AvgIpc) is 2.89. The Bertz CT molecular complexity index is 514. The quantitative estimate of drug-likeness (QED) is 0.665. The maximum atomic E-state index is 12.7. The van der Waals surface area contributed by atoms with Crippen LogP contribution in [0.15, 0.2) is 16.3 Å². The molecule has 122 valence electrons. The zero-order valence-corrected chi connectivity index (χ0v) is 14.9. The van der Waals surface area contributed by atoms with E-state index in [4.69, 9.17) is 4.74 Å². The van der Waals surface area contributed by atoms with Crippen LogP contribution in [0.1, 0.15) is 25.6 Å². The largest absolute Gasteiger partial charge is 0.383 e. The highest BCUT2D eigenvalue weighted by Crippen LogP contribution is 2.26. The first kappa shape index (κ1) is 18.6. The van der Waals surface area contributed by atoms with Gasteiger partial charge >= 0.3 is 0 Å². The van der Waals surface area contributed by atoms with E-state index in [2.05, 4.69) is 12.2 Å². The van der Waals surface area contributed by atoms with Crippen molar-refractivity contribution in [3.8, 4) is 0 Å². The lowest BCUT2D eigenvalue weighted by Crippen LogP contribution is -2.40. The van der Waals surface area contributed by atoms with Crippen LogP contribution in [-0.2, 0) is 21.2 Å². The molecule has 1 heterocycles. The first-order valence-corrected chi connectivity index (χ1v) is 9.53. The van der Waals surface area contributed by atoms with Crippen molar-refractivity contribution >= 4 is 21.4 Å². The number of hydrogen-bond donors (Lipinski definition) is 1. The minimum atomic E-state index is -3.43. The van der Waals surface area contributed by atoms with E-state index < -0.39 is 10.0 Å². The van der Waals surface area contributed by atoms with Crippen molar-refractivity contribution in [3.63, 3.8) is 0 Å². The summed E-state index contributed by atoms with van der Waals surface area (Å²) in [5, 5.41) is 3.24. The smallest absolute Gasteiger partial charge is 0.252 e. The first-order valence-electron chi connectivity index (χ1n) is 7.27. The summed E-state index contributed by atoms with van der Waals surface area (Å²) in [7, 11) is -1.85. The molecule has 0 saturated heterocycles. The average molecular weight is 335 g/mol. The van der Waals surface area contributed by atoms with Crippen molar-refractivity contribution in [2.45, 2.75) is 37.4 Å². The summed E-state index contributed by atoms with van der Waals surface area (Å²) in [4.78, 5) is 1.09. The molecular formula is C14H26N2O3S2. The summed E-state index contributed by atoms with van der Waals surface area (Å²) in [6.45, 7) is 8.40. The fraction of sp³-hybridized carbons (Fsp3) is 0.714. The Morgan fingerprint density at radius 1 is 1.38 bits per heavy atom. The second-order valence-corrected chi connectivity index (χ2v) is 8.12. The van der Waals surface area contributed by atoms with E-state index in [1.807, 2.05) is 19.9 Å². The summed E-state index contributed by atoms with van der Waals surface area (Å²) in [6.07, 6.45) is 0.855. The molecule has 0 bridgehead atoms. The molecule has 1 aromatic heterocycles. The number of thiophene rings is 1. The molecule has 21 heavy (non-hydrogen) atoms. The zero-order chi connectivity index (χ0) is 15.9. The second-order valence-electron chi connectivity index (χ2n) is 4.84. The lowest BCUT2D eigenvalue weighted by atomic mass is 10.3. The van der Waals surface area contributed by atoms with Gasteiger partial charge in [-0.05, 0) is 38.6 Å². The first-order chi connectivity index (χ1) is 9.97. The van der Waals surface area contributed by atoms with Crippen LogP contribution in [0.25, 0.3) is 0 Å². The summed E-state index contributed by atoms with van der Waals surface area (Å²) in [5.41, 5.74) is 0. The highest BCUT2D eigenvalue weighted by Gasteiger charge is 2.28. The van der Waals surface area contributed by atoms with Crippen LogP contribution >= 0.6 is 11.3 Å². The number of nitrogens with one attached hydrogen (secondary N) is 1. The van der Waals surface area contributed by atoms with Crippen LogP contribution in [0, 0.1) is 0 Å². The minimum Gasteiger partial charge on any atom is -0.383 e. The van der Waals surface area contributed by atoms with Crippen LogP contribution in [0.5, 0.6) is 0 Å². The third-order valence-corrected chi connectivity index (χ3v) is 6.91. The van der Waals surface area contributed by atoms with Crippen molar-refractivity contribution in [3.05, 3.63) is 17.0 Å². The van der Waals surface area contributed by atoms with Gasteiger partial charge in [-0.2, -0.15) is 4.31 Å². The van der Waals surface area contributed by atoms with Gasteiger partial charge in [0.05, 0.1) is 6.61 Å². The van der Waals surface area contributed by atoms with Crippen LogP contribution in [0.3, 0.4) is 0 Å². The van der Waals surface area contributed by atoms with Gasteiger partial charge in [0.1, 0.15) is 4.21 Å². The Hall–Kier alpha value is -0.470. The maximum Gasteiger partial charge on any atom is 0.252 e. The van der Waals surface area contributed by atoms with E-state index >= 15 is 0 Å². The van der Waals surface area contributed by atoms with E-state index in [-0.39, 0.29) is 6.04 Å². The Kier molecular flexibility index (Phi) is 7.83. The lowest BCUT2D eigenvalue weighted by Gasteiger charge is -2.25. The summed E-state index contributed by atoms with van der Waals surface area (Å²) in [6, 6.07) is 3.45. The molecule has 0 aliphatic carbocycles. The van der Waals surface area contributed by atoms with E-state index in [0.717, 1.165) is 24.4 Å². The molecular weight excluding hydrogens is 308 g/mol. The SMILES string of the molecule is CCNCCc1ccc(S(=O)(=O)N(CC)C(C)COC)s1. The number of methoxy groups -OCH3 is 1. The molecule has 1 atom stereocenters. The molecule has 1 rings (SSSR count). The molecule has 0 radical (unpaired) electrons. The van der Waals surface area contributed by atoms with Crippen molar-refractivity contribution in [1.82, 2.24) is 9.62 Å². The van der Waals surface area contributed by atoms with Gasteiger partial charge < -0.3 is 10.1 Å². The van der Waals surface area contributed by atoms with Gasteiger partial charge in [0.15, 0.2) is 0 Å². The van der Waals surface area contributed by atoms with Gasteiger partial charge in [-0.1, -0.05) is 13.8 Å². The summed E-state index contributed by atoms with van der Waals surface area (Å²) < 4.78 is 32.4. The van der Waals surface area contributed by atoms with Crippen LogP contribution < -0.4 is 5.32 Å². The highest BCUT2D eigenvalue weighted by atomic mass is 32.2. The van der Waals surface area contributed by atoms with E-state index in [1.165, 1.54) is 15.6 Å². The standard InChI is InChI=1S/C14H26N2O3S2/c1-5-15-10-9-13-7-8-14(20-13)21(17,18)16(6-2)12(3)11-19-4/h7-8,12,15H,5-6,9-11H2,1-4H3. The van der Waals surface area contributed by atoms with E-state index in [9.17, 15) is 8.42 Å². The molecule has 0 fully saturated rings. The molecule has 0 amide bonds. The molecule has 0 aliphatic rings. The van der Waals surface area contributed by atoms with E-state index in [1.54, 1.807) is 13.2 Å². The van der Waals surface area contributed by atoms with Gasteiger partial charge in [0, 0.05) is 24.6 Å². The number of likely N-dealkylation sites (N-methyl/N-ethyl adjacent to an activating group) is 2. The predicted octanol–water partition coefficient (Wildman–Crippen LogP) is 1.95. The van der Waals surface area contributed by atoms with Crippen LogP contribution in [0.2, 0.25) is 0 Å². The maximum absolute atomic E-state index is 12.7. The second kappa shape index (κ2) is 8.85. The Morgan fingerprint density at radius 2 is 2.10 bits per heavy atom. The van der Waals surface area contributed by atoms with Crippen molar-refractivity contribution < 1.29 is 13.2 Å². The van der Waals surface area contributed by atoms with Gasteiger partial charge in [-0.25, -0.2) is 8.42 Å². The molecule has 1 unspecified atom stereocenters. The Morgan fingerprint density at radius 3 is 2.67 bits per heavy atom. The van der Waals surface area contributed by atoms with Gasteiger partial charge in [0.2, 0.25) is 0 Å². The summed E-state index contributed by atoms with van der Waals surface area (Å²) >= 11 is 1.36. The fourth-order valence-corrected chi connectivity index (χ4v) is 5.29. The normalized spacial score (nSPS) is 13.8. The number of hydrogen-bond acceptors (Lipinski definition) is 5. The minimum absolute atomic E-state index is 0.169. The summed E-state index contributed by atoms with van der Waals surface area (Å²) in [5.74, 6) is 0. The molecule has 1 aromatic rings. The van der Waals surface area contributed by atoms with Crippen molar-refractivity contribution in [2.75, 3.05) is 33.4 Å². The van der Waals surface area contributed by atoms with Crippen LogP contribution in [0.4, 0.5) is 0 Å². The van der Waals surface area contributed by atoms with Gasteiger partial charge in [0.25, 0.3) is 10.0 Å². The molecule has 0 aromatic carbocycles. The third-order valence-electron chi connectivity index (χ3n) is 3.21. The molecule has 7 heteroatoms. The van der Waals surface area contributed by atoms with Gasteiger partial charge in [-0.3, -0.25) is 0 Å². The van der Waals surface area contributed by atoms with E-state index in [0.29, 0.717) is 17.4 Å². The molecule has 0 aliphatic heterocycles. The Labute approximate surface area is 132 Å². The topological polar surface area (TPSA) is 58.6 Å². The number of ether oxygens (including phenoxy) is 1. The molecule has 5 nitrogen and oxygen atoms in total. The highest BCUT2D eigenvalue weighted by molar-refractivity contribution is 7.91. The monoisotopic (exact) mass is 334 g/mol. The fourth-order valence-electron chi connectivity index (χ4n) is 2.18. The van der Waals surface area contributed by atoms with Crippen molar-refractivity contribution in [1.29, 1.82) is 0 Å². The predicted molar refractivity (Wildman–Crippen MR) is 87.5 cm³/mol. The van der Waals surface area contributed by atoms with Crippen LogP contribution in [-0.4, -0.2) is 52.1 Å². The van der Waals surface area contributed by atoms with Crippen molar-refractivity contribution in [2.24, 2.45) is 0 Å². The third kappa shape index (κ3) is 5.03. The zero-order valence-electron chi connectivity index (χ0n) is 13.3. The molecule has 0 spiro atoms. The van der Waals surface area contributed by atoms with Gasteiger partial charge in [-0.15, -0.1) is 11.3 Å². The Balaban J connectivity index is 2.85. The number of sulfonamides is 1. The molecule has 1 N–H and O–H groups in total. The number of rotatable bonds is 10. The number of nitrogens with zero attached hydrogens (tertiary/aromatic N) is 1.